The average molecular weight is 421 g/mol. The molecule has 4 rings (SSSR count). The van der Waals surface area contributed by atoms with Gasteiger partial charge in [0.25, 0.3) is 5.78 Å². The Kier molecular flexibility index (Phi) is 5.25. The average Bonchev–Trinajstić information content (AvgIpc) is 3.05. The number of rotatable bonds is 4. The van der Waals surface area contributed by atoms with Crippen LogP contribution in [-0.2, 0) is 9.59 Å². The number of Topliss-reactive ketones (excluding diaryl/α,β-unsaturated/α-hetero) is 1. The number of pyridine rings is 1. The Labute approximate surface area is 178 Å². The van der Waals surface area contributed by atoms with Gasteiger partial charge in [0.1, 0.15) is 17.3 Å². The Morgan fingerprint density at radius 3 is 2.50 bits per heavy atom. The van der Waals surface area contributed by atoms with Gasteiger partial charge >= 0.3 is 5.91 Å². The molecule has 7 heteroatoms. The third kappa shape index (κ3) is 3.42. The zero-order valence-electron chi connectivity index (χ0n) is 15.9. The fourth-order valence-corrected chi connectivity index (χ4v) is 3.58. The number of ether oxygens (including phenoxy) is 1. The predicted octanol–water partition coefficient (Wildman–Crippen LogP) is 4.37. The van der Waals surface area contributed by atoms with Crippen molar-refractivity contribution in [3.05, 3.63) is 94.6 Å². The molecule has 150 valence electrons. The molecule has 2 heterocycles. The maximum atomic E-state index is 13.0. The molecule has 3 aromatic rings. The number of aromatic nitrogens is 1. The van der Waals surface area contributed by atoms with Gasteiger partial charge < -0.3 is 9.84 Å². The normalized spacial score (nSPS) is 17.9. The van der Waals surface area contributed by atoms with E-state index in [1.807, 2.05) is 0 Å². The molecule has 0 bridgehead atoms. The van der Waals surface area contributed by atoms with Crippen molar-refractivity contribution in [3.8, 4) is 5.75 Å². The van der Waals surface area contributed by atoms with Crippen LogP contribution < -0.4 is 9.64 Å². The first-order valence-corrected chi connectivity index (χ1v) is 9.51. The number of carbonyl (C=O) groups is 2. The summed E-state index contributed by atoms with van der Waals surface area (Å²) in [4.78, 5) is 31.5. The van der Waals surface area contributed by atoms with Crippen molar-refractivity contribution in [2.24, 2.45) is 0 Å². The Morgan fingerprint density at radius 2 is 1.83 bits per heavy atom. The third-order valence-corrected chi connectivity index (χ3v) is 5.12. The second kappa shape index (κ2) is 8.00. The summed E-state index contributed by atoms with van der Waals surface area (Å²) in [6.07, 6.45) is 1.54. The molecule has 1 atom stereocenters. The van der Waals surface area contributed by atoms with Crippen molar-refractivity contribution in [3.63, 3.8) is 0 Å². The van der Waals surface area contributed by atoms with Crippen molar-refractivity contribution in [2.45, 2.75) is 6.04 Å². The van der Waals surface area contributed by atoms with Crippen LogP contribution in [-0.4, -0.2) is 28.9 Å². The molecule has 1 aromatic heterocycles. The van der Waals surface area contributed by atoms with Crippen LogP contribution >= 0.6 is 11.6 Å². The van der Waals surface area contributed by atoms with Gasteiger partial charge in [0.2, 0.25) is 0 Å². The molecule has 0 radical (unpaired) electrons. The molecule has 1 unspecified atom stereocenters. The van der Waals surface area contributed by atoms with Crippen LogP contribution in [0.25, 0.3) is 5.76 Å². The zero-order chi connectivity index (χ0) is 21.3. The minimum Gasteiger partial charge on any atom is -0.507 e. The number of hydrogen-bond donors (Lipinski definition) is 1. The molecular formula is C23H17ClN2O4. The first kappa shape index (κ1) is 19.7. The fraction of sp³-hybridized carbons (Fsp3) is 0.0870. The molecule has 1 fully saturated rings. The van der Waals surface area contributed by atoms with E-state index < -0.39 is 17.7 Å². The van der Waals surface area contributed by atoms with Crippen LogP contribution in [0, 0.1) is 0 Å². The number of nitrogens with zero attached hydrogens (tertiary/aromatic N) is 2. The fourth-order valence-electron chi connectivity index (χ4n) is 3.45. The Bertz CT molecular complexity index is 1140. The van der Waals surface area contributed by atoms with Crippen LogP contribution in [0.4, 0.5) is 5.82 Å². The van der Waals surface area contributed by atoms with E-state index in [-0.39, 0.29) is 11.3 Å². The maximum Gasteiger partial charge on any atom is 0.301 e. The topological polar surface area (TPSA) is 79.7 Å². The first-order chi connectivity index (χ1) is 14.5. The van der Waals surface area contributed by atoms with E-state index in [1.165, 1.54) is 18.2 Å². The van der Waals surface area contributed by atoms with E-state index >= 15 is 0 Å². The number of aliphatic hydroxyl groups excluding tert-OH is 1. The number of aliphatic hydroxyl groups is 1. The van der Waals surface area contributed by atoms with Gasteiger partial charge in [-0.05, 0) is 42.0 Å². The summed E-state index contributed by atoms with van der Waals surface area (Å²) in [6, 6.07) is 17.6. The molecule has 30 heavy (non-hydrogen) atoms. The minimum absolute atomic E-state index is 0.0266. The zero-order valence-corrected chi connectivity index (χ0v) is 16.7. The summed E-state index contributed by atoms with van der Waals surface area (Å²) in [7, 11) is 1.51. The standard InChI is InChI=1S/C23H17ClN2O4/c1-30-17-6-4-5-15(13-17)21(27)19-20(14-8-10-16(24)11-9-14)26(23(29)22(19)28)18-7-2-3-12-25-18/h2-13,20,27H,1H3. The van der Waals surface area contributed by atoms with Gasteiger partial charge in [-0.3, -0.25) is 14.5 Å². The van der Waals surface area contributed by atoms with Crippen LogP contribution in [0.3, 0.4) is 0 Å². The summed E-state index contributed by atoms with van der Waals surface area (Å²) in [6.45, 7) is 0. The minimum atomic E-state index is -0.858. The van der Waals surface area contributed by atoms with Gasteiger partial charge in [0.05, 0.1) is 18.7 Å². The molecule has 6 nitrogen and oxygen atoms in total. The van der Waals surface area contributed by atoms with E-state index in [9.17, 15) is 14.7 Å². The van der Waals surface area contributed by atoms with Crippen LogP contribution in [0.15, 0.2) is 78.5 Å². The molecule has 1 amide bonds. The smallest absolute Gasteiger partial charge is 0.301 e. The predicted molar refractivity (Wildman–Crippen MR) is 113 cm³/mol. The number of halogens is 1. The summed E-state index contributed by atoms with van der Waals surface area (Å²) >= 11 is 6.02. The molecular weight excluding hydrogens is 404 g/mol. The first-order valence-electron chi connectivity index (χ1n) is 9.13. The number of anilines is 1. The highest BCUT2D eigenvalue weighted by Crippen LogP contribution is 2.41. The maximum absolute atomic E-state index is 13.0. The van der Waals surface area contributed by atoms with E-state index in [2.05, 4.69) is 4.98 Å². The number of ketones is 1. The molecule has 0 aliphatic carbocycles. The van der Waals surface area contributed by atoms with Gasteiger partial charge in [-0.15, -0.1) is 0 Å². The number of methoxy groups -OCH3 is 1. The van der Waals surface area contributed by atoms with E-state index in [4.69, 9.17) is 16.3 Å². The number of hydrogen-bond acceptors (Lipinski definition) is 5. The highest BCUT2D eigenvalue weighted by molar-refractivity contribution is 6.51. The number of amides is 1. The molecule has 1 aliphatic heterocycles. The monoisotopic (exact) mass is 420 g/mol. The van der Waals surface area contributed by atoms with Gasteiger partial charge in [-0.1, -0.05) is 41.9 Å². The lowest BCUT2D eigenvalue weighted by molar-refractivity contribution is -0.132. The largest absolute Gasteiger partial charge is 0.507 e. The summed E-state index contributed by atoms with van der Waals surface area (Å²) in [5, 5.41) is 11.6. The number of benzene rings is 2. The summed E-state index contributed by atoms with van der Waals surface area (Å²) in [5.41, 5.74) is 0.960. The molecule has 2 aromatic carbocycles. The molecule has 1 aliphatic rings. The molecule has 0 spiro atoms. The third-order valence-electron chi connectivity index (χ3n) is 4.87. The summed E-state index contributed by atoms with van der Waals surface area (Å²) < 4.78 is 5.21. The van der Waals surface area contributed by atoms with Crippen molar-refractivity contribution in [1.82, 2.24) is 4.98 Å². The quantitative estimate of drug-likeness (QED) is 0.385. The van der Waals surface area contributed by atoms with E-state index in [0.29, 0.717) is 27.7 Å². The van der Waals surface area contributed by atoms with E-state index in [1.54, 1.807) is 66.7 Å². The van der Waals surface area contributed by atoms with Gasteiger partial charge in [0, 0.05) is 16.8 Å². The lowest BCUT2D eigenvalue weighted by Gasteiger charge is -2.24. The lowest BCUT2D eigenvalue weighted by Crippen LogP contribution is -2.30. The second-order valence-electron chi connectivity index (χ2n) is 6.64. The molecule has 1 N–H and O–H groups in total. The highest BCUT2D eigenvalue weighted by Gasteiger charge is 2.47. The van der Waals surface area contributed by atoms with Gasteiger partial charge in [-0.25, -0.2) is 4.98 Å². The summed E-state index contributed by atoms with van der Waals surface area (Å²) in [5.74, 6) is -1.02. The van der Waals surface area contributed by atoms with Crippen molar-refractivity contribution < 1.29 is 19.4 Å². The van der Waals surface area contributed by atoms with Crippen LogP contribution in [0.2, 0.25) is 5.02 Å². The Morgan fingerprint density at radius 1 is 1.07 bits per heavy atom. The van der Waals surface area contributed by atoms with Gasteiger partial charge in [0.15, 0.2) is 0 Å². The molecule has 0 saturated carbocycles. The SMILES string of the molecule is COc1cccc(C(O)=C2C(=O)C(=O)N(c3ccccn3)C2c2ccc(Cl)cc2)c1. The highest BCUT2D eigenvalue weighted by atomic mass is 35.5. The molecule has 1 saturated heterocycles. The second-order valence-corrected chi connectivity index (χ2v) is 7.08. The Balaban J connectivity index is 1.94. The van der Waals surface area contributed by atoms with Crippen molar-refractivity contribution >= 4 is 34.9 Å². The number of carbonyl (C=O) groups excluding carboxylic acids is 2. The lowest BCUT2D eigenvalue weighted by atomic mass is 9.95. The van der Waals surface area contributed by atoms with Crippen molar-refractivity contribution in [2.75, 3.05) is 12.0 Å². The van der Waals surface area contributed by atoms with Crippen LogP contribution in [0.5, 0.6) is 5.75 Å². The Hall–Kier alpha value is -3.64. The van der Waals surface area contributed by atoms with E-state index in [0.717, 1.165) is 0 Å². The van der Waals surface area contributed by atoms with Gasteiger partial charge in [-0.2, -0.15) is 0 Å². The van der Waals surface area contributed by atoms with Crippen molar-refractivity contribution in [1.29, 1.82) is 0 Å². The van der Waals surface area contributed by atoms with Crippen LogP contribution in [0.1, 0.15) is 17.2 Å².